The van der Waals surface area contributed by atoms with Crippen molar-refractivity contribution in [2.75, 3.05) is 5.32 Å². The van der Waals surface area contributed by atoms with Crippen molar-refractivity contribution in [1.82, 2.24) is 10.2 Å². The number of alkyl halides is 1. The van der Waals surface area contributed by atoms with Gasteiger partial charge in [-0.3, -0.25) is 0 Å². The summed E-state index contributed by atoms with van der Waals surface area (Å²) in [5.74, 6) is 0.429. The summed E-state index contributed by atoms with van der Waals surface area (Å²) >= 11 is 5.83. The second-order valence-corrected chi connectivity index (χ2v) is 4.56. The lowest BCUT2D eigenvalue weighted by Gasteiger charge is -2.02. The third-order valence-electron chi connectivity index (χ3n) is 2.35. The van der Waals surface area contributed by atoms with Crippen LogP contribution in [0.4, 0.5) is 6.01 Å². The number of nitrogens with zero attached hydrogens (tertiary/aromatic N) is 2. The molecule has 0 radical (unpaired) electrons. The first-order valence-corrected chi connectivity index (χ1v) is 5.85. The van der Waals surface area contributed by atoms with E-state index in [0.29, 0.717) is 18.5 Å². The molecule has 1 atom stereocenters. The van der Waals surface area contributed by atoms with Crippen molar-refractivity contribution in [2.45, 2.75) is 25.8 Å². The van der Waals surface area contributed by atoms with Crippen molar-refractivity contribution in [1.29, 1.82) is 0 Å². The molecule has 0 aliphatic heterocycles. The van der Waals surface area contributed by atoms with Gasteiger partial charge in [-0.05, 0) is 19.4 Å². The maximum atomic E-state index is 5.83. The molecule has 17 heavy (non-hydrogen) atoms. The van der Waals surface area contributed by atoms with Crippen molar-refractivity contribution in [3.05, 3.63) is 41.3 Å². The lowest BCUT2D eigenvalue weighted by Crippen LogP contribution is -1.99. The van der Waals surface area contributed by atoms with Crippen molar-refractivity contribution < 1.29 is 4.42 Å². The van der Waals surface area contributed by atoms with Gasteiger partial charge in [0, 0.05) is 6.54 Å². The Kier molecular flexibility index (Phi) is 3.64. The molecule has 2 rings (SSSR count). The summed E-state index contributed by atoms with van der Waals surface area (Å²) in [6.07, 6.45) is 0. The number of anilines is 1. The van der Waals surface area contributed by atoms with Gasteiger partial charge >= 0.3 is 6.01 Å². The molecule has 1 aromatic carbocycles. The van der Waals surface area contributed by atoms with Crippen molar-refractivity contribution in [2.24, 2.45) is 0 Å². The van der Waals surface area contributed by atoms with E-state index in [1.807, 2.05) is 0 Å². The minimum absolute atomic E-state index is 0.266. The first-order valence-electron chi connectivity index (χ1n) is 5.42. The summed E-state index contributed by atoms with van der Waals surface area (Å²) in [5, 5.41) is 10.5. The molecule has 0 saturated heterocycles. The first kappa shape index (κ1) is 11.9. The molecule has 0 bridgehead atoms. The summed E-state index contributed by atoms with van der Waals surface area (Å²) in [6, 6.07) is 8.65. The highest BCUT2D eigenvalue weighted by molar-refractivity contribution is 6.20. The number of aryl methyl sites for hydroxylation is 1. The maximum Gasteiger partial charge on any atom is 0.315 e. The van der Waals surface area contributed by atoms with Gasteiger partial charge in [-0.1, -0.05) is 34.9 Å². The van der Waals surface area contributed by atoms with Crippen LogP contribution < -0.4 is 5.32 Å². The van der Waals surface area contributed by atoms with E-state index < -0.39 is 0 Å². The van der Waals surface area contributed by atoms with Crippen LogP contribution in [-0.2, 0) is 6.54 Å². The van der Waals surface area contributed by atoms with Crippen molar-refractivity contribution in [3.8, 4) is 0 Å². The van der Waals surface area contributed by atoms with E-state index in [1.54, 1.807) is 6.92 Å². The van der Waals surface area contributed by atoms with Crippen LogP contribution in [0.5, 0.6) is 0 Å². The molecule has 0 aliphatic rings. The molecule has 0 amide bonds. The van der Waals surface area contributed by atoms with Gasteiger partial charge < -0.3 is 9.73 Å². The average Bonchev–Trinajstić information content (AvgIpc) is 2.77. The van der Waals surface area contributed by atoms with Gasteiger partial charge in [-0.25, -0.2) is 0 Å². The monoisotopic (exact) mass is 251 g/mol. The van der Waals surface area contributed by atoms with E-state index >= 15 is 0 Å². The minimum Gasteiger partial charge on any atom is -0.406 e. The lowest BCUT2D eigenvalue weighted by molar-refractivity contribution is 0.505. The van der Waals surface area contributed by atoms with Crippen LogP contribution in [0.2, 0.25) is 0 Å². The van der Waals surface area contributed by atoms with Gasteiger partial charge in [-0.2, -0.15) is 0 Å². The molecule has 1 unspecified atom stereocenters. The molecule has 1 aromatic heterocycles. The van der Waals surface area contributed by atoms with Crippen LogP contribution in [0.15, 0.2) is 28.7 Å². The van der Waals surface area contributed by atoms with Gasteiger partial charge in [0.1, 0.15) is 5.38 Å². The second kappa shape index (κ2) is 5.19. The minimum atomic E-state index is -0.266. The van der Waals surface area contributed by atoms with Crippen LogP contribution in [0.1, 0.15) is 29.3 Å². The zero-order valence-corrected chi connectivity index (χ0v) is 10.5. The molecule has 0 fully saturated rings. The number of benzene rings is 1. The van der Waals surface area contributed by atoms with Gasteiger partial charge in [-0.15, -0.1) is 16.7 Å². The Morgan fingerprint density at radius 1 is 1.29 bits per heavy atom. The highest BCUT2D eigenvalue weighted by atomic mass is 35.5. The third kappa shape index (κ3) is 3.20. The Labute approximate surface area is 105 Å². The molecule has 0 aliphatic carbocycles. The van der Waals surface area contributed by atoms with Crippen LogP contribution in [0.25, 0.3) is 0 Å². The number of hydrogen-bond donors (Lipinski definition) is 1. The van der Waals surface area contributed by atoms with Gasteiger partial charge in [0.05, 0.1) is 0 Å². The van der Waals surface area contributed by atoms with Crippen LogP contribution in [-0.4, -0.2) is 10.2 Å². The number of nitrogens with one attached hydrogen (secondary N) is 1. The fourth-order valence-electron chi connectivity index (χ4n) is 1.35. The van der Waals surface area contributed by atoms with E-state index in [4.69, 9.17) is 16.0 Å². The first-order chi connectivity index (χ1) is 8.15. The number of aromatic nitrogens is 2. The second-order valence-electron chi connectivity index (χ2n) is 3.90. The van der Waals surface area contributed by atoms with E-state index in [-0.39, 0.29) is 5.38 Å². The van der Waals surface area contributed by atoms with Crippen molar-refractivity contribution >= 4 is 17.6 Å². The van der Waals surface area contributed by atoms with E-state index in [1.165, 1.54) is 5.56 Å². The Bertz CT molecular complexity index is 479. The van der Waals surface area contributed by atoms with E-state index in [9.17, 15) is 0 Å². The molecular weight excluding hydrogens is 238 g/mol. The molecule has 0 spiro atoms. The smallest absolute Gasteiger partial charge is 0.315 e. The molecule has 2 aromatic rings. The van der Waals surface area contributed by atoms with Gasteiger partial charge in [0.15, 0.2) is 0 Å². The number of rotatable bonds is 4. The summed E-state index contributed by atoms with van der Waals surface area (Å²) in [6.45, 7) is 4.50. The molecule has 1 heterocycles. The largest absolute Gasteiger partial charge is 0.406 e. The zero-order chi connectivity index (χ0) is 12.3. The normalized spacial score (nSPS) is 12.4. The summed E-state index contributed by atoms with van der Waals surface area (Å²) in [4.78, 5) is 0. The summed E-state index contributed by atoms with van der Waals surface area (Å²) in [7, 11) is 0. The highest BCUT2D eigenvalue weighted by Gasteiger charge is 2.10. The topological polar surface area (TPSA) is 51.0 Å². The molecular formula is C12H14ClN3O. The fraction of sp³-hybridized carbons (Fsp3) is 0.333. The fourth-order valence-corrected chi connectivity index (χ4v) is 1.44. The van der Waals surface area contributed by atoms with Gasteiger partial charge in [0.2, 0.25) is 5.89 Å². The zero-order valence-electron chi connectivity index (χ0n) is 9.77. The molecule has 1 N–H and O–H groups in total. The number of halogens is 1. The molecule has 0 saturated carbocycles. The SMILES string of the molecule is Cc1ccc(CNc2nnc(C(C)Cl)o2)cc1. The van der Waals surface area contributed by atoms with Crippen LogP contribution in [0, 0.1) is 6.92 Å². The standard InChI is InChI=1S/C12H14ClN3O/c1-8-3-5-10(6-4-8)7-14-12-16-15-11(17-12)9(2)13/h3-6,9H,7H2,1-2H3,(H,14,16). The quantitative estimate of drug-likeness (QED) is 0.848. The average molecular weight is 252 g/mol. The van der Waals surface area contributed by atoms with E-state index in [2.05, 4.69) is 46.7 Å². The molecule has 5 heteroatoms. The predicted molar refractivity (Wildman–Crippen MR) is 67.1 cm³/mol. The Balaban J connectivity index is 1.95. The predicted octanol–water partition coefficient (Wildman–Crippen LogP) is 3.29. The lowest BCUT2D eigenvalue weighted by atomic mass is 10.1. The molecule has 90 valence electrons. The Hall–Kier alpha value is -1.55. The maximum absolute atomic E-state index is 5.83. The molecule has 4 nitrogen and oxygen atoms in total. The third-order valence-corrected chi connectivity index (χ3v) is 2.53. The van der Waals surface area contributed by atoms with Gasteiger partial charge in [0.25, 0.3) is 0 Å². The summed E-state index contributed by atoms with van der Waals surface area (Å²) < 4.78 is 5.33. The van der Waals surface area contributed by atoms with Crippen LogP contribution >= 0.6 is 11.6 Å². The van der Waals surface area contributed by atoms with E-state index in [0.717, 1.165) is 5.56 Å². The Morgan fingerprint density at radius 3 is 2.59 bits per heavy atom. The van der Waals surface area contributed by atoms with Crippen LogP contribution in [0.3, 0.4) is 0 Å². The number of hydrogen-bond acceptors (Lipinski definition) is 4. The summed E-state index contributed by atoms with van der Waals surface area (Å²) in [5.41, 5.74) is 2.40. The Morgan fingerprint density at radius 2 is 2.00 bits per heavy atom. The van der Waals surface area contributed by atoms with Crippen molar-refractivity contribution in [3.63, 3.8) is 0 Å². The highest BCUT2D eigenvalue weighted by Crippen LogP contribution is 2.19.